The van der Waals surface area contributed by atoms with E-state index < -0.39 is 0 Å². The van der Waals surface area contributed by atoms with Gasteiger partial charge in [-0.25, -0.2) is 0 Å². The predicted octanol–water partition coefficient (Wildman–Crippen LogP) is 12.9. The zero-order valence-electron chi connectivity index (χ0n) is 23.8. The minimum Gasteiger partial charge on any atom is -0.135 e. The van der Waals surface area contributed by atoms with E-state index in [4.69, 9.17) is 0 Å². The van der Waals surface area contributed by atoms with Gasteiger partial charge in [-0.15, -0.1) is 11.3 Å². The van der Waals surface area contributed by atoms with Gasteiger partial charge in [-0.3, -0.25) is 0 Å². The number of thiophene rings is 1. The number of hydrogen-bond donors (Lipinski definition) is 0. The summed E-state index contributed by atoms with van der Waals surface area (Å²) >= 11 is 3.77. The fraction of sp³-hybridized carbons (Fsp3) is 0. The van der Waals surface area contributed by atoms with Crippen LogP contribution in [0.2, 0.25) is 0 Å². The fourth-order valence-electron chi connectivity index (χ4n) is 6.78. The molecule has 7 aromatic carbocycles. The predicted molar refractivity (Wildman–Crippen MR) is 191 cm³/mol. The first-order chi connectivity index (χ1) is 21.8. The van der Waals surface area contributed by atoms with Gasteiger partial charge in [0.05, 0.1) is 0 Å². The second kappa shape index (κ2) is 10.4. The van der Waals surface area contributed by atoms with Crippen molar-refractivity contribution in [3.63, 3.8) is 0 Å². The lowest BCUT2D eigenvalue weighted by Crippen LogP contribution is -1.93. The van der Waals surface area contributed by atoms with Crippen molar-refractivity contribution in [2.24, 2.45) is 0 Å². The molecule has 2 heterocycles. The van der Waals surface area contributed by atoms with Gasteiger partial charge in [-0.1, -0.05) is 145 Å². The Labute approximate surface area is 265 Å². The second-order valence-corrected chi connectivity index (χ2v) is 13.4. The summed E-state index contributed by atoms with van der Waals surface area (Å²) < 4.78 is 0. The standard InChI is InChI=1S/C42H26S2/c1-2-11-27(12-3-1)29-18-8-13-28-14-9-19-34(41(28)29)30-15-4-5-16-31(30)38-25-26-39(43-38)33-23-24-40-42-35(20-10-21-36(33)42)32-17-6-7-22-37(32)44-40/h1-26H. The molecule has 206 valence electrons. The van der Waals surface area contributed by atoms with Gasteiger partial charge in [-0.05, 0) is 84.9 Å². The van der Waals surface area contributed by atoms with Crippen LogP contribution in [0.15, 0.2) is 168 Å². The van der Waals surface area contributed by atoms with Gasteiger partial charge in [0.1, 0.15) is 0 Å². The smallest absolute Gasteiger partial charge is 0.0355 e. The molecule has 0 spiro atoms. The molecule has 9 rings (SSSR count). The molecule has 1 aliphatic rings. The van der Waals surface area contributed by atoms with Crippen LogP contribution < -0.4 is 0 Å². The normalized spacial score (nSPS) is 12.0. The Kier molecular flexibility index (Phi) is 6.04. The first-order valence-electron chi connectivity index (χ1n) is 14.9. The maximum absolute atomic E-state index is 2.32. The summed E-state index contributed by atoms with van der Waals surface area (Å²) in [5.74, 6) is 0. The molecule has 0 N–H and O–H groups in total. The molecule has 44 heavy (non-hydrogen) atoms. The molecule has 0 atom stereocenters. The van der Waals surface area contributed by atoms with E-state index in [9.17, 15) is 0 Å². The van der Waals surface area contributed by atoms with E-state index in [1.165, 1.54) is 85.6 Å². The highest BCUT2D eigenvalue weighted by atomic mass is 32.2. The van der Waals surface area contributed by atoms with E-state index in [2.05, 4.69) is 158 Å². The molecule has 0 nitrogen and oxygen atoms in total. The Morgan fingerprint density at radius 3 is 1.75 bits per heavy atom. The Balaban J connectivity index is 1.20. The first-order valence-corrected chi connectivity index (χ1v) is 16.6. The third-order valence-corrected chi connectivity index (χ3v) is 11.0. The summed E-state index contributed by atoms with van der Waals surface area (Å²) in [6, 6.07) is 57.8. The molecule has 0 radical (unpaired) electrons. The topological polar surface area (TPSA) is 0 Å². The molecule has 0 bridgehead atoms. The van der Waals surface area contributed by atoms with Gasteiger partial charge in [0.25, 0.3) is 0 Å². The van der Waals surface area contributed by atoms with Crippen molar-refractivity contribution in [1.82, 2.24) is 0 Å². The molecule has 8 aromatic rings. The van der Waals surface area contributed by atoms with E-state index >= 15 is 0 Å². The van der Waals surface area contributed by atoms with E-state index in [0.29, 0.717) is 0 Å². The van der Waals surface area contributed by atoms with Gasteiger partial charge in [0.15, 0.2) is 0 Å². The Morgan fingerprint density at radius 1 is 0.318 bits per heavy atom. The maximum Gasteiger partial charge on any atom is 0.0355 e. The monoisotopic (exact) mass is 594 g/mol. The summed E-state index contributed by atoms with van der Waals surface area (Å²) in [6.45, 7) is 0. The van der Waals surface area contributed by atoms with E-state index in [1.807, 2.05) is 23.1 Å². The highest BCUT2D eigenvalue weighted by molar-refractivity contribution is 7.99. The zero-order chi connectivity index (χ0) is 29.0. The average molecular weight is 595 g/mol. The van der Waals surface area contributed by atoms with Gasteiger partial charge in [0, 0.05) is 24.9 Å². The zero-order valence-corrected chi connectivity index (χ0v) is 25.5. The summed E-state index contributed by atoms with van der Waals surface area (Å²) in [7, 11) is 0. The molecule has 0 amide bonds. The molecular weight excluding hydrogens is 569 g/mol. The van der Waals surface area contributed by atoms with E-state index in [1.54, 1.807) is 0 Å². The summed E-state index contributed by atoms with van der Waals surface area (Å²) in [5, 5.41) is 5.25. The highest BCUT2D eigenvalue weighted by Gasteiger charge is 2.21. The SMILES string of the molecule is c1ccc(-c2cccc3cccc(-c4ccccc4-c4ccc(-c5ccc6c7c(cccc57)-c5ccccc5S6)s4)c23)cc1. The number of benzene rings is 7. The van der Waals surface area contributed by atoms with Crippen molar-refractivity contribution in [2.75, 3.05) is 0 Å². The van der Waals surface area contributed by atoms with Crippen molar-refractivity contribution >= 4 is 44.6 Å². The van der Waals surface area contributed by atoms with Crippen LogP contribution in [-0.4, -0.2) is 0 Å². The fourth-order valence-corrected chi connectivity index (χ4v) is 8.99. The number of hydrogen-bond acceptors (Lipinski definition) is 2. The van der Waals surface area contributed by atoms with Crippen molar-refractivity contribution in [3.8, 4) is 54.3 Å². The van der Waals surface area contributed by atoms with Crippen LogP contribution in [-0.2, 0) is 0 Å². The lowest BCUT2D eigenvalue weighted by Gasteiger charge is -2.21. The Morgan fingerprint density at radius 2 is 0.932 bits per heavy atom. The largest absolute Gasteiger partial charge is 0.135 e. The van der Waals surface area contributed by atoms with Crippen LogP contribution >= 0.6 is 23.1 Å². The molecule has 2 heteroatoms. The first kappa shape index (κ1) is 25.6. The van der Waals surface area contributed by atoms with Gasteiger partial charge in [0.2, 0.25) is 0 Å². The van der Waals surface area contributed by atoms with Crippen LogP contribution in [0.1, 0.15) is 0 Å². The minimum absolute atomic E-state index is 1.24. The molecule has 1 aliphatic heterocycles. The van der Waals surface area contributed by atoms with E-state index in [0.717, 1.165) is 0 Å². The molecule has 0 unspecified atom stereocenters. The van der Waals surface area contributed by atoms with Crippen molar-refractivity contribution in [1.29, 1.82) is 0 Å². The quantitative estimate of drug-likeness (QED) is 0.195. The molecular formula is C42H26S2. The van der Waals surface area contributed by atoms with Gasteiger partial charge >= 0.3 is 0 Å². The Hall–Kier alpha value is -4.89. The van der Waals surface area contributed by atoms with Crippen LogP contribution in [0, 0.1) is 0 Å². The minimum atomic E-state index is 1.24. The van der Waals surface area contributed by atoms with Crippen LogP contribution in [0.25, 0.3) is 75.8 Å². The van der Waals surface area contributed by atoms with Crippen molar-refractivity contribution in [2.45, 2.75) is 9.79 Å². The van der Waals surface area contributed by atoms with Crippen molar-refractivity contribution in [3.05, 3.63) is 158 Å². The molecule has 1 aromatic heterocycles. The highest BCUT2D eigenvalue weighted by Crippen LogP contribution is 2.51. The lowest BCUT2D eigenvalue weighted by atomic mass is 9.89. The lowest BCUT2D eigenvalue weighted by molar-refractivity contribution is 1.40. The van der Waals surface area contributed by atoms with Crippen LogP contribution in [0.4, 0.5) is 0 Å². The summed E-state index contributed by atoms with van der Waals surface area (Å²) in [5.41, 5.74) is 10.3. The van der Waals surface area contributed by atoms with Gasteiger partial charge in [-0.2, -0.15) is 0 Å². The van der Waals surface area contributed by atoms with Crippen LogP contribution in [0.5, 0.6) is 0 Å². The van der Waals surface area contributed by atoms with Crippen LogP contribution in [0.3, 0.4) is 0 Å². The number of fused-ring (bicyclic) bond motifs is 3. The van der Waals surface area contributed by atoms with E-state index in [-0.39, 0.29) is 0 Å². The average Bonchev–Trinajstić information content (AvgIpc) is 3.58. The summed E-state index contributed by atoms with van der Waals surface area (Å²) in [4.78, 5) is 5.25. The third-order valence-electron chi connectivity index (χ3n) is 8.74. The summed E-state index contributed by atoms with van der Waals surface area (Å²) in [6.07, 6.45) is 0. The third kappa shape index (κ3) is 4.06. The van der Waals surface area contributed by atoms with Gasteiger partial charge < -0.3 is 0 Å². The molecule has 0 aliphatic carbocycles. The molecule has 0 saturated carbocycles. The second-order valence-electron chi connectivity index (χ2n) is 11.2. The Bertz CT molecular complexity index is 2360. The molecule has 0 fully saturated rings. The van der Waals surface area contributed by atoms with Crippen molar-refractivity contribution < 1.29 is 0 Å². The number of rotatable bonds is 4. The molecule has 0 saturated heterocycles. The maximum atomic E-state index is 2.32.